The second-order valence-corrected chi connectivity index (χ2v) is 7.08. The predicted molar refractivity (Wildman–Crippen MR) is 117 cm³/mol. The molecule has 0 aliphatic rings. The molecule has 0 radical (unpaired) electrons. The molecule has 2 aromatic heterocycles. The van der Waals surface area contributed by atoms with Crippen LogP contribution in [-0.2, 0) is 17.9 Å². The number of aromatic nitrogens is 3. The van der Waals surface area contributed by atoms with E-state index in [2.05, 4.69) is 15.3 Å². The van der Waals surface area contributed by atoms with Crippen molar-refractivity contribution in [2.24, 2.45) is 0 Å². The number of hydrogen-bond acceptors (Lipinski definition) is 5. The lowest BCUT2D eigenvalue weighted by atomic mass is 10.2. The minimum absolute atomic E-state index is 0.170. The molecule has 3 N–H and O–H groups in total. The Morgan fingerprint density at radius 3 is 2.67 bits per heavy atom. The first-order valence-corrected chi connectivity index (χ1v) is 9.63. The molecule has 0 aliphatic heterocycles. The lowest BCUT2D eigenvalue weighted by Gasteiger charge is -2.10. The molecule has 0 saturated carbocycles. The van der Waals surface area contributed by atoms with E-state index < -0.39 is 0 Å². The number of aromatic amines is 2. The van der Waals surface area contributed by atoms with Crippen LogP contribution < -0.4 is 20.3 Å². The SMILES string of the molecule is COc1ccc2[nH]c3c(=O)n(CC(=O)NCc4ccccc4OC)c(=S)[nH]c3c2c1. The van der Waals surface area contributed by atoms with Gasteiger partial charge in [0.1, 0.15) is 23.6 Å². The van der Waals surface area contributed by atoms with Crippen molar-refractivity contribution in [2.75, 3.05) is 14.2 Å². The lowest BCUT2D eigenvalue weighted by molar-refractivity contribution is -0.121. The van der Waals surface area contributed by atoms with Gasteiger partial charge in [-0.15, -0.1) is 0 Å². The highest BCUT2D eigenvalue weighted by Gasteiger charge is 2.14. The van der Waals surface area contributed by atoms with Crippen LogP contribution in [0.1, 0.15) is 5.56 Å². The monoisotopic (exact) mass is 424 g/mol. The van der Waals surface area contributed by atoms with Crippen LogP contribution in [0.15, 0.2) is 47.3 Å². The van der Waals surface area contributed by atoms with E-state index >= 15 is 0 Å². The van der Waals surface area contributed by atoms with Crippen molar-refractivity contribution in [3.63, 3.8) is 0 Å². The van der Waals surface area contributed by atoms with Crippen molar-refractivity contribution < 1.29 is 14.3 Å². The molecule has 0 aliphatic carbocycles. The predicted octanol–water partition coefficient (Wildman–Crippen LogP) is 2.87. The zero-order valence-electron chi connectivity index (χ0n) is 16.4. The number of carbonyl (C=O) groups is 1. The Morgan fingerprint density at radius 2 is 1.90 bits per heavy atom. The van der Waals surface area contributed by atoms with E-state index in [1.165, 1.54) is 4.57 Å². The summed E-state index contributed by atoms with van der Waals surface area (Å²) in [5.41, 5.74) is 2.18. The number of nitrogens with one attached hydrogen (secondary N) is 3. The number of ether oxygens (including phenoxy) is 2. The fourth-order valence-electron chi connectivity index (χ4n) is 3.38. The highest BCUT2D eigenvalue weighted by molar-refractivity contribution is 7.71. The Kier molecular flexibility index (Phi) is 5.28. The fourth-order valence-corrected chi connectivity index (χ4v) is 3.63. The van der Waals surface area contributed by atoms with Crippen LogP contribution >= 0.6 is 12.2 Å². The second-order valence-electron chi connectivity index (χ2n) is 6.70. The van der Waals surface area contributed by atoms with Gasteiger partial charge in [0.15, 0.2) is 4.77 Å². The van der Waals surface area contributed by atoms with Gasteiger partial charge in [-0.25, -0.2) is 0 Å². The first-order chi connectivity index (χ1) is 14.5. The highest BCUT2D eigenvalue weighted by atomic mass is 32.1. The van der Waals surface area contributed by atoms with Crippen molar-refractivity contribution in [1.29, 1.82) is 0 Å². The number of nitrogens with zero attached hydrogens (tertiary/aromatic N) is 1. The number of amides is 1. The van der Waals surface area contributed by atoms with Crippen LogP contribution in [0.3, 0.4) is 0 Å². The third-order valence-corrected chi connectivity index (χ3v) is 5.23. The molecule has 0 fully saturated rings. The molecular formula is C21H20N4O4S. The number of methoxy groups -OCH3 is 2. The van der Waals surface area contributed by atoms with Gasteiger partial charge in [0, 0.05) is 23.0 Å². The molecule has 2 heterocycles. The summed E-state index contributed by atoms with van der Waals surface area (Å²) < 4.78 is 12.0. The van der Waals surface area contributed by atoms with Gasteiger partial charge in [0.2, 0.25) is 5.91 Å². The van der Waals surface area contributed by atoms with Crippen LogP contribution in [0.5, 0.6) is 11.5 Å². The average Bonchev–Trinajstić information content (AvgIpc) is 3.13. The van der Waals surface area contributed by atoms with E-state index in [0.29, 0.717) is 22.5 Å². The molecule has 154 valence electrons. The molecule has 9 heteroatoms. The number of para-hydroxylation sites is 1. The molecule has 0 spiro atoms. The quantitative estimate of drug-likeness (QED) is 0.413. The van der Waals surface area contributed by atoms with E-state index in [1.54, 1.807) is 20.3 Å². The van der Waals surface area contributed by atoms with Crippen LogP contribution in [0.4, 0.5) is 0 Å². The number of benzene rings is 2. The first-order valence-electron chi connectivity index (χ1n) is 9.23. The molecule has 0 bridgehead atoms. The molecule has 30 heavy (non-hydrogen) atoms. The molecule has 0 saturated heterocycles. The molecular weight excluding hydrogens is 404 g/mol. The van der Waals surface area contributed by atoms with Gasteiger partial charge >= 0.3 is 0 Å². The van der Waals surface area contributed by atoms with Gasteiger partial charge in [-0.05, 0) is 36.5 Å². The third kappa shape index (κ3) is 3.55. The van der Waals surface area contributed by atoms with Gasteiger partial charge in [-0.3, -0.25) is 14.2 Å². The summed E-state index contributed by atoms with van der Waals surface area (Å²) >= 11 is 5.35. The highest BCUT2D eigenvalue weighted by Crippen LogP contribution is 2.25. The van der Waals surface area contributed by atoms with E-state index in [1.807, 2.05) is 36.4 Å². The minimum atomic E-state index is -0.364. The van der Waals surface area contributed by atoms with Crippen molar-refractivity contribution in [2.45, 2.75) is 13.1 Å². The normalized spacial score (nSPS) is 11.0. The zero-order valence-corrected chi connectivity index (χ0v) is 17.3. The zero-order chi connectivity index (χ0) is 21.3. The number of rotatable bonds is 6. The van der Waals surface area contributed by atoms with Crippen LogP contribution in [0.25, 0.3) is 21.9 Å². The number of fused-ring (bicyclic) bond motifs is 3. The Bertz CT molecular complexity index is 1370. The van der Waals surface area contributed by atoms with Crippen LogP contribution in [-0.4, -0.2) is 34.7 Å². The minimum Gasteiger partial charge on any atom is -0.497 e. The molecule has 4 aromatic rings. The van der Waals surface area contributed by atoms with E-state index in [9.17, 15) is 9.59 Å². The molecule has 0 unspecified atom stereocenters. The van der Waals surface area contributed by atoms with E-state index in [-0.39, 0.29) is 29.3 Å². The molecule has 1 amide bonds. The Hall–Kier alpha value is -3.59. The standard InChI is InChI=1S/C21H20N4O4S/c1-28-13-7-8-15-14(9-13)18-19(23-15)20(27)25(21(30)24-18)11-17(26)22-10-12-5-3-4-6-16(12)29-2/h3-9,23H,10-11H2,1-2H3,(H,22,26)(H,24,30). The van der Waals surface area contributed by atoms with Crippen molar-refractivity contribution in [3.05, 3.63) is 63.2 Å². The molecule has 4 rings (SSSR count). The van der Waals surface area contributed by atoms with Crippen molar-refractivity contribution >= 4 is 40.1 Å². The maximum Gasteiger partial charge on any atom is 0.279 e. The van der Waals surface area contributed by atoms with Crippen LogP contribution in [0.2, 0.25) is 0 Å². The summed E-state index contributed by atoms with van der Waals surface area (Å²) in [6, 6.07) is 12.9. The van der Waals surface area contributed by atoms with Crippen LogP contribution in [0, 0.1) is 4.77 Å². The fraction of sp³-hybridized carbons (Fsp3) is 0.190. The van der Waals surface area contributed by atoms with E-state index in [0.717, 1.165) is 16.5 Å². The second kappa shape index (κ2) is 8.03. The Labute approximate surface area is 176 Å². The average molecular weight is 424 g/mol. The molecule has 8 nitrogen and oxygen atoms in total. The maximum absolute atomic E-state index is 13.0. The summed E-state index contributed by atoms with van der Waals surface area (Å²) in [6.45, 7) is 0.0838. The Balaban J connectivity index is 1.62. The smallest absolute Gasteiger partial charge is 0.279 e. The van der Waals surface area contributed by atoms with Gasteiger partial charge < -0.3 is 24.8 Å². The number of H-pyrrole nitrogens is 2. The summed E-state index contributed by atoms with van der Waals surface area (Å²) in [5, 5.41) is 3.59. The third-order valence-electron chi connectivity index (χ3n) is 4.91. The van der Waals surface area contributed by atoms with Gasteiger partial charge in [-0.1, -0.05) is 18.2 Å². The van der Waals surface area contributed by atoms with Crippen molar-refractivity contribution in [3.8, 4) is 11.5 Å². The lowest BCUT2D eigenvalue weighted by Crippen LogP contribution is -2.33. The Morgan fingerprint density at radius 1 is 1.10 bits per heavy atom. The van der Waals surface area contributed by atoms with Gasteiger partial charge in [0.25, 0.3) is 5.56 Å². The largest absolute Gasteiger partial charge is 0.497 e. The summed E-state index contributed by atoms with van der Waals surface area (Å²) in [7, 11) is 3.15. The summed E-state index contributed by atoms with van der Waals surface area (Å²) in [6.07, 6.45) is 0. The van der Waals surface area contributed by atoms with Crippen molar-refractivity contribution in [1.82, 2.24) is 19.9 Å². The molecule has 2 aromatic carbocycles. The topological polar surface area (TPSA) is 101 Å². The van der Waals surface area contributed by atoms with E-state index in [4.69, 9.17) is 21.7 Å². The van der Waals surface area contributed by atoms with Gasteiger partial charge in [-0.2, -0.15) is 0 Å². The first kappa shape index (κ1) is 19.7. The number of carbonyl (C=O) groups excluding carboxylic acids is 1. The number of hydrogen-bond donors (Lipinski definition) is 3. The summed E-state index contributed by atoms with van der Waals surface area (Å²) in [4.78, 5) is 31.6. The molecule has 0 atom stereocenters. The maximum atomic E-state index is 13.0. The summed E-state index contributed by atoms with van der Waals surface area (Å²) in [5.74, 6) is 1.02. The van der Waals surface area contributed by atoms with Gasteiger partial charge in [0.05, 0.1) is 19.7 Å².